The first-order chi connectivity index (χ1) is 8.67. The fraction of sp³-hybridized carbons (Fsp3) is 0.333. The van der Waals surface area contributed by atoms with Gasteiger partial charge < -0.3 is 18.9 Å². The molecule has 0 amide bonds. The summed E-state index contributed by atoms with van der Waals surface area (Å²) in [5.41, 5.74) is 0.443. The van der Waals surface area contributed by atoms with Crippen molar-refractivity contribution in [3.05, 3.63) is 23.8 Å². The highest BCUT2D eigenvalue weighted by atomic mass is 16.7. The molecule has 0 fully saturated rings. The third kappa shape index (κ3) is 2.09. The van der Waals surface area contributed by atoms with E-state index in [0.717, 1.165) is 0 Å². The van der Waals surface area contributed by atoms with Crippen LogP contribution in [-0.2, 0) is 19.1 Å². The number of ether oxygens (including phenoxy) is 4. The summed E-state index contributed by atoms with van der Waals surface area (Å²) >= 11 is 0. The van der Waals surface area contributed by atoms with E-state index in [1.54, 1.807) is 18.2 Å². The quantitative estimate of drug-likeness (QED) is 0.586. The zero-order valence-corrected chi connectivity index (χ0v) is 9.97. The number of rotatable bonds is 3. The Kier molecular flexibility index (Phi) is 3.36. The van der Waals surface area contributed by atoms with E-state index in [9.17, 15) is 9.59 Å². The number of methoxy groups -OCH3 is 2. The average Bonchev–Trinajstić information content (AvgIpc) is 2.85. The lowest BCUT2D eigenvalue weighted by molar-refractivity contribution is -0.154. The van der Waals surface area contributed by atoms with Crippen molar-refractivity contribution in [2.24, 2.45) is 0 Å². The summed E-state index contributed by atoms with van der Waals surface area (Å²) in [6, 6.07) is 4.81. The number of fused-ring (bicyclic) bond motifs is 1. The maximum Gasteiger partial charge on any atom is 0.324 e. The van der Waals surface area contributed by atoms with E-state index in [2.05, 4.69) is 9.47 Å². The van der Waals surface area contributed by atoms with E-state index >= 15 is 0 Å². The number of benzene rings is 1. The fourth-order valence-corrected chi connectivity index (χ4v) is 1.70. The van der Waals surface area contributed by atoms with E-state index in [1.165, 1.54) is 14.2 Å². The second-order valence-corrected chi connectivity index (χ2v) is 3.59. The molecule has 0 saturated heterocycles. The normalized spacial score (nSPS) is 12.4. The van der Waals surface area contributed by atoms with Gasteiger partial charge in [-0.15, -0.1) is 0 Å². The summed E-state index contributed by atoms with van der Waals surface area (Å²) < 4.78 is 19.5. The molecule has 1 heterocycles. The van der Waals surface area contributed by atoms with Crippen molar-refractivity contribution in [1.29, 1.82) is 0 Å². The molecule has 0 unspecified atom stereocenters. The second kappa shape index (κ2) is 4.95. The van der Waals surface area contributed by atoms with Gasteiger partial charge in [-0.05, 0) is 17.7 Å². The first kappa shape index (κ1) is 12.2. The van der Waals surface area contributed by atoms with Crippen LogP contribution in [0.2, 0.25) is 0 Å². The molecule has 1 aromatic rings. The van der Waals surface area contributed by atoms with E-state index in [0.29, 0.717) is 17.1 Å². The molecule has 0 saturated carbocycles. The van der Waals surface area contributed by atoms with Gasteiger partial charge in [0.25, 0.3) is 0 Å². The van der Waals surface area contributed by atoms with E-state index in [4.69, 9.17) is 9.47 Å². The molecule has 6 nitrogen and oxygen atoms in total. The standard InChI is InChI=1S/C12H12O6/c1-15-11(13)10(12(14)16-2)7-3-4-8-9(5-7)18-6-17-8/h3-5,10H,6H2,1-2H3. The summed E-state index contributed by atoms with van der Waals surface area (Å²) in [6.45, 7) is 0.125. The fourth-order valence-electron chi connectivity index (χ4n) is 1.70. The van der Waals surface area contributed by atoms with Crippen LogP contribution in [0.15, 0.2) is 18.2 Å². The Morgan fingerprint density at radius 1 is 1.11 bits per heavy atom. The van der Waals surface area contributed by atoms with Gasteiger partial charge in [0.05, 0.1) is 14.2 Å². The van der Waals surface area contributed by atoms with Gasteiger partial charge in [0, 0.05) is 0 Å². The summed E-state index contributed by atoms with van der Waals surface area (Å²) in [5, 5.41) is 0. The van der Waals surface area contributed by atoms with Gasteiger partial charge in [-0.25, -0.2) is 0 Å². The Morgan fingerprint density at radius 3 is 2.33 bits per heavy atom. The summed E-state index contributed by atoms with van der Waals surface area (Å²) in [7, 11) is 2.43. The Balaban J connectivity index is 2.36. The Hall–Kier alpha value is -2.24. The maximum atomic E-state index is 11.6. The third-order valence-corrected chi connectivity index (χ3v) is 2.60. The molecular weight excluding hydrogens is 240 g/mol. The third-order valence-electron chi connectivity index (χ3n) is 2.60. The number of carbonyl (C=O) groups is 2. The molecular formula is C12H12O6. The average molecular weight is 252 g/mol. The number of hydrogen-bond donors (Lipinski definition) is 0. The largest absolute Gasteiger partial charge is 0.468 e. The van der Waals surface area contributed by atoms with Crippen molar-refractivity contribution in [2.75, 3.05) is 21.0 Å². The van der Waals surface area contributed by atoms with Crippen LogP contribution in [0.3, 0.4) is 0 Å². The molecule has 96 valence electrons. The number of esters is 2. The lowest BCUT2D eigenvalue weighted by atomic mass is 9.99. The second-order valence-electron chi connectivity index (χ2n) is 3.59. The van der Waals surface area contributed by atoms with Crippen LogP contribution >= 0.6 is 0 Å². The first-order valence-corrected chi connectivity index (χ1v) is 5.22. The van der Waals surface area contributed by atoms with Gasteiger partial charge >= 0.3 is 11.9 Å². The Morgan fingerprint density at radius 2 is 1.72 bits per heavy atom. The summed E-state index contributed by atoms with van der Waals surface area (Å²) in [5.74, 6) is -1.41. The van der Waals surface area contributed by atoms with Crippen LogP contribution in [0.1, 0.15) is 11.5 Å². The Bertz CT molecular complexity index is 465. The van der Waals surface area contributed by atoms with Gasteiger partial charge in [0.1, 0.15) is 0 Å². The lowest BCUT2D eigenvalue weighted by Crippen LogP contribution is -2.24. The van der Waals surface area contributed by atoms with Crippen molar-refractivity contribution in [3.8, 4) is 11.5 Å². The molecule has 1 aliphatic heterocycles. The van der Waals surface area contributed by atoms with Gasteiger partial charge in [0.15, 0.2) is 17.4 Å². The smallest absolute Gasteiger partial charge is 0.324 e. The molecule has 0 aromatic heterocycles. The highest BCUT2D eigenvalue weighted by Crippen LogP contribution is 2.35. The molecule has 0 bridgehead atoms. The lowest BCUT2D eigenvalue weighted by Gasteiger charge is -2.13. The van der Waals surface area contributed by atoms with Crippen LogP contribution in [0.5, 0.6) is 11.5 Å². The van der Waals surface area contributed by atoms with Crippen LogP contribution in [0.25, 0.3) is 0 Å². The van der Waals surface area contributed by atoms with Crippen LogP contribution in [0.4, 0.5) is 0 Å². The Labute approximate surface area is 103 Å². The molecule has 1 aliphatic rings. The van der Waals surface area contributed by atoms with Crippen LogP contribution in [-0.4, -0.2) is 33.0 Å². The summed E-state index contributed by atoms with van der Waals surface area (Å²) in [6.07, 6.45) is 0. The highest BCUT2D eigenvalue weighted by Gasteiger charge is 2.31. The van der Waals surface area contributed by atoms with Gasteiger partial charge in [-0.1, -0.05) is 6.07 Å². The van der Waals surface area contributed by atoms with E-state index < -0.39 is 17.9 Å². The van der Waals surface area contributed by atoms with Crippen molar-refractivity contribution in [3.63, 3.8) is 0 Å². The topological polar surface area (TPSA) is 71.1 Å². The molecule has 6 heteroatoms. The maximum absolute atomic E-state index is 11.6. The van der Waals surface area contributed by atoms with Crippen molar-refractivity contribution < 1.29 is 28.5 Å². The van der Waals surface area contributed by atoms with Crippen LogP contribution < -0.4 is 9.47 Å². The number of carbonyl (C=O) groups excluding carboxylic acids is 2. The van der Waals surface area contributed by atoms with E-state index in [-0.39, 0.29) is 6.79 Å². The zero-order chi connectivity index (χ0) is 13.1. The van der Waals surface area contributed by atoms with Gasteiger partial charge in [0.2, 0.25) is 6.79 Å². The van der Waals surface area contributed by atoms with Gasteiger partial charge in [-0.3, -0.25) is 9.59 Å². The SMILES string of the molecule is COC(=O)C(C(=O)OC)c1ccc2c(c1)OCO2. The molecule has 0 N–H and O–H groups in total. The van der Waals surface area contributed by atoms with Gasteiger partial charge in [-0.2, -0.15) is 0 Å². The first-order valence-electron chi connectivity index (χ1n) is 5.22. The van der Waals surface area contributed by atoms with Crippen molar-refractivity contribution >= 4 is 11.9 Å². The predicted octanol–water partition coefficient (Wildman–Crippen LogP) is 0.845. The highest BCUT2D eigenvalue weighted by molar-refractivity contribution is 6.00. The van der Waals surface area contributed by atoms with Crippen molar-refractivity contribution in [2.45, 2.75) is 5.92 Å². The zero-order valence-electron chi connectivity index (χ0n) is 9.97. The molecule has 0 spiro atoms. The minimum absolute atomic E-state index is 0.125. The molecule has 2 rings (SSSR count). The minimum atomic E-state index is -1.12. The molecule has 18 heavy (non-hydrogen) atoms. The molecule has 0 atom stereocenters. The monoisotopic (exact) mass is 252 g/mol. The molecule has 0 radical (unpaired) electrons. The minimum Gasteiger partial charge on any atom is -0.468 e. The summed E-state index contributed by atoms with van der Waals surface area (Å²) in [4.78, 5) is 23.2. The van der Waals surface area contributed by atoms with Crippen molar-refractivity contribution in [1.82, 2.24) is 0 Å². The van der Waals surface area contributed by atoms with E-state index in [1.807, 2.05) is 0 Å². The number of hydrogen-bond acceptors (Lipinski definition) is 6. The molecule has 0 aliphatic carbocycles. The molecule has 1 aromatic carbocycles. The van der Waals surface area contributed by atoms with Crippen LogP contribution in [0, 0.1) is 0 Å². The predicted molar refractivity (Wildman–Crippen MR) is 59.3 cm³/mol.